The van der Waals surface area contributed by atoms with Crippen LogP contribution in [0.1, 0.15) is 19.4 Å². The summed E-state index contributed by atoms with van der Waals surface area (Å²) < 4.78 is 108. The monoisotopic (exact) mass is 631 g/mol. The number of thiophene rings is 1. The lowest BCUT2D eigenvalue weighted by Crippen LogP contribution is -2.66. The molecule has 4 rings (SSSR count). The molecule has 11 nitrogen and oxygen atoms in total. The minimum atomic E-state index is -6.11. The maximum Gasteiger partial charge on any atom is 0.430 e. The lowest BCUT2D eigenvalue weighted by molar-refractivity contribution is -0.376. The van der Waals surface area contributed by atoms with Crippen molar-refractivity contribution in [2.75, 3.05) is 49.9 Å². The van der Waals surface area contributed by atoms with E-state index in [4.69, 9.17) is 5.73 Å². The molecule has 2 aromatic rings. The molecule has 2 aliphatic rings. The van der Waals surface area contributed by atoms with Crippen molar-refractivity contribution in [1.82, 2.24) is 24.5 Å². The number of hydrogen-bond donors (Lipinski definition) is 3. The van der Waals surface area contributed by atoms with E-state index in [1.807, 2.05) is 0 Å². The second-order valence-corrected chi connectivity index (χ2v) is 13.4. The van der Waals surface area contributed by atoms with Gasteiger partial charge in [-0.2, -0.15) is 30.6 Å². The number of halogens is 6. The van der Waals surface area contributed by atoms with Gasteiger partial charge in [0, 0.05) is 57.2 Å². The van der Waals surface area contributed by atoms with E-state index in [2.05, 4.69) is 15.3 Å². The van der Waals surface area contributed by atoms with Gasteiger partial charge in [0.2, 0.25) is 11.9 Å². The highest BCUT2D eigenvalue weighted by atomic mass is 32.2. The molecule has 0 aliphatic carbocycles. The first-order chi connectivity index (χ1) is 18.8. The van der Waals surface area contributed by atoms with Crippen LogP contribution in [-0.4, -0.2) is 102 Å². The van der Waals surface area contributed by atoms with Gasteiger partial charge in [0.25, 0.3) is 15.6 Å². The smallest absolute Gasteiger partial charge is 0.391 e. The zero-order chi connectivity index (χ0) is 30.6. The largest absolute Gasteiger partial charge is 0.430 e. The van der Waals surface area contributed by atoms with Gasteiger partial charge in [-0.15, -0.1) is 11.3 Å². The van der Waals surface area contributed by atoms with Crippen molar-refractivity contribution in [3.8, 4) is 0 Å². The van der Waals surface area contributed by atoms with Gasteiger partial charge >= 0.3 is 12.4 Å². The highest BCUT2D eigenvalue weighted by molar-refractivity contribution is 7.91. The first-order valence-electron chi connectivity index (χ1n) is 12.1. The number of carbonyl (C=O) groups is 1. The van der Waals surface area contributed by atoms with Gasteiger partial charge in [0.15, 0.2) is 0 Å². The summed E-state index contributed by atoms with van der Waals surface area (Å²) in [6.07, 6.45) is -11.7. The van der Waals surface area contributed by atoms with Crippen LogP contribution in [0.3, 0.4) is 0 Å². The predicted molar refractivity (Wildman–Crippen MR) is 135 cm³/mol. The van der Waals surface area contributed by atoms with E-state index in [0.29, 0.717) is 13.1 Å². The lowest BCUT2D eigenvalue weighted by Gasteiger charge is -2.47. The number of rotatable bonds is 6. The predicted octanol–water partition coefficient (Wildman–Crippen LogP) is 1.52. The Morgan fingerprint density at radius 2 is 1.71 bits per heavy atom. The number of carbonyl (C=O) groups excluding carboxylic acids is 1. The number of hydrogen-bond acceptors (Lipinski definition) is 10. The Kier molecular flexibility index (Phi) is 8.00. The summed E-state index contributed by atoms with van der Waals surface area (Å²) in [5, 5.41) is 12.7. The number of anilines is 2. The van der Waals surface area contributed by atoms with Crippen LogP contribution >= 0.6 is 11.3 Å². The first kappa shape index (κ1) is 31.2. The van der Waals surface area contributed by atoms with E-state index in [1.165, 1.54) is 21.3 Å². The van der Waals surface area contributed by atoms with Gasteiger partial charge in [0.05, 0.1) is 16.6 Å². The van der Waals surface area contributed by atoms with Crippen LogP contribution < -0.4 is 16.0 Å². The van der Waals surface area contributed by atoms with Gasteiger partial charge < -0.3 is 21.1 Å². The summed E-state index contributed by atoms with van der Waals surface area (Å²) in [6.45, 7) is 3.77. The Balaban J connectivity index is 1.68. The summed E-state index contributed by atoms with van der Waals surface area (Å²) in [5.74, 6) is -0.550. The van der Waals surface area contributed by atoms with E-state index in [-0.39, 0.29) is 59.6 Å². The molecule has 2 fully saturated rings. The normalized spacial score (nSPS) is 21.6. The first-order valence-corrected chi connectivity index (χ1v) is 14.4. The van der Waals surface area contributed by atoms with Gasteiger partial charge in [-0.25, -0.2) is 18.4 Å². The van der Waals surface area contributed by atoms with Crippen molar-refractivity contribution in [2.24, 2.45) is 0 Å². The number of nitrogens with two attached hydrogens (primary N) is 1. The molecule has 1 atom stereocenters. The van der Waals surface area contributed by atoms with E-state index >= 15 is 0 Å². The van der Waals surface area contributed by atoms with Gasteiger partial charge in [-0.05, 0) is 26.0 Å². The number of nitrogens with zero attached hydrogens (tertiary/aromatic N) is 5. The van der Waals surface area contributed by atoms with Crippen molar-refractivity contribution in [2.45, 2.75) is 47.6 Å². The van der Waals surface area contributed by atoms with E-state index < -0.39 is 45.1 Å². The van der Waals surface area contributed by atoms with Gasteiger partial charge in [0.1, 0.15) is 4.21 Å². The fraction of sp³-hybridized carbons (Fsp3) is 0.591. The molecule has 2 aromatic heterocycles. The average molecular weight is 632 g/mol. The summed E-state index contributed by atoms with van der Waals surface area (Å²) in [5.41, 5.74) is -2.12. The molecular weight excluding hydrogens is 604 g/mol. The van der Waals surface area contributed by atoms with Crippen LogP contribution in [0, 0.1) is 0 Å². The molecule has 0 aromatic carbocycles. The fourth-order valence-corrected chi connectivity index (χ4v) is 7.44. The van der Waals surface area contributed by atoms with E-state index in [1.54, 1.807) is 18.7 Å². The maximum absolute atomic E-state index is 13.3. The van der Waals surface area contributed by atoms with E-state index in [0.717, 1.165) is 11.3 Å². The molecule has 19 heteroatoms. The summed E-state index contributed by atoms with van der Waals surface area (Å²) >= 11 is 0.869. The van der Waals surface area contributed by atoms with Crippen LogP contribution in [0.4, 0.5) is 37.3 Å². The molecular formula is C22H27F6N7O4S2. The lowest BCUT2D eigenvalue weighted by atomic mass is 9.95. The fourth-order valence-electron chi connectivity index (χ4n) is 4.73. The summed E-state index contributed by atoms with van der Waals surface area (Å²) in [4.78, 5) is 23.2. The quantitative estimate of drug-likeness (QED) is 0.404. The Labute approximate surface area is 235 Å². The molecule has 228 valence electrons. The number of alkyl halides is 6. The second kappa shape index (κ2) is 10.5. The zero-order valence-corrected chi connectivity index (χ0v) is 23.3. The zero-order valence-electron chi connectivity index (χ0n) is 21.7. The minimum absolute atomic E-state index is 0.000861. The van der Waals surface area contributed by atoms with Crippen molar-refractivity contribution in [1.29, 1.82) is 0 Å². The second-order valence-electron chi connectivity index (χ2n) is 10.1. The molecule has 2 aliphatic heterocycles. The Morgan fingerprint density at radius 3 is 2.24 bits per heavy atom. The topological polar surface area (TPSA) is 145 Å². The maximum atomic E-state index is 13.3. The molecule has 0 spiro atoms. The van der Waals surface area contributed by atoms with Crippen molar-refractivity contribution in [3.63, 3.8) is 0 Å². The van der Waals surface area contributed by atoms with Crippen LogP contribution in [0.2, 0.25) is 0 Å². The number of aliphatic hydroxyl groups is 1. The molecule has 0 radical (unpaired) electrons. The van der Waals surface area contributed by atoms with Crippen molar-refractivity contribution >= 4 is 38.2 Å². The molecule has 0 unspecified atom stereocenters. The summed E-state index contributed by atoms with van der Waals surface area (Å²) in [7, 11) is -4.00. The van der Waals surface area contributed by atoms with Gasteiger partial charge in [-0.3, -0.25) is 9.69 Å². The molecule has 41 heavy (non-hydrogen) atoms. The third kappa shape index (κ3) is 5.56. The number of nitrogens with one attached hydrogen (secondary N) is 1. The number of amides is 1. The average Bonchev–Trinajstić information content (AvgIpc) is 3.32. The van der Waals surface area contributed by atoms with Crippen molar-refractivity contribution in [3.05, 3.63) is 30.1 Å². The third-order valence-electron chi connectivity index (χ3n) is 7.22. The van der Waals surface area contributed by atoms with Crippen LogP contribution in [0.25, 0.3) is 0 Å². The Bertz CT molecular complexity index is 1370. The van der Waals surface area contributed by atoms with Crippen LogP contribution in [0.15, 0.2) is 28.7 Å². The molecule has 4 N–H and O–H groups in total. The van der Waals surface area contributed by atoms with Crippen LogP contribution in [0.5, 0.6) is 0 Å². The van der Waals surface area contributed by atoms with E-state index in [9.17, 15) is 44.7 Å². The molecule has 1 amide bonds. The van der Waals surface area contributed by atoms with Gasteiger partial charge in [-0.1, -0.05) is 0 Å². The van der Waals surface area contributed by atoms with Crippen LogP contribution in [-0.2, 0) is 20.4 Å². The number of aromatic nitrogens is 2. The SMILES string of the molecule is CC1(C)C(=O)NCCN1C[C@H]1CN(S(=O)(=O)c2ccc(N)s2)CCN1c1ncc(C(O)(C(F)(F)F)C(F)(F)F)cn1. The number of nitrogen functional groups attached to an aromatic ring is 1. The minimum Gasteiger partial charge on any atom is -0.391 e. The Morgan fingerprint density at radius 1 is 1.10 bits per heavy atom. The third-order valence-corrected chi connectivity index (χ3v) is 10.5. The number of piperazine rings is 2. The highest BCUT2D eigenvalue weighted by Crippen LogP contribution is 2.49. The molecule has 0 bridgehead atoms. The molecule has 4 heterocycles. The standard InChI is InChI=1S/C22H27F6N7O4S2/c1-19(2)17(36)30-5-6-33(19)11-14-12-34(41(38,39)16-4-3-15(29)40-16)7-8-35(14)18-31-9-13(10-32-18)20(37,21(23,24)25)22(26,27)28/h3-4,9-10,14,37H,5-8,11-12,29H2,1-2H3,(H,30,36)/t14-/m0/s1. The summed E-state index contributed by atoms with van der Waals surface area (Å²) in [6, 6.07) is 2.04. The highest BCUT2D eigenvalue weighted by Gasteiger charge is 2.71. The molecule has 0 saturated carbocycles. The Hall–Kier alpha value is -2.74. The number of sulfonamides is 1. The van der Waals surface area contributed by atoms with Crippen molar-refractivity contribution < 1.29 is 44.7 Å². The molecule has 2 saturated heterocycles.